The van der Waals surface area contributed by atoms with Gasteiger partial charge in [-0.15, -0.1) is 0 Å². The van der Waals surface area contributed by atoms with Crippen LogP contribution in [0.3, 0.4) is 0 Å². The molecule has 10 nitrogen and oxygen atoms in total. The van der Waals surface area contributed by atoms with Crippen LogP contribution in [0.15, 0.2) is 66.7 Å². The number of aromatic carboxylic acids is 1. The molecule has 3 aromatic carbocycles. The highest BCUT2D eigenvalue weighted by molar-refractivity contribution is 5.88. The van der Waals surface area contributed by atoms with Gasteiger partial charge in [0.2, 0.25) is 0 Å². The van der Waals surface area contributed by atoms with Gasteiger partial charge in [-0.25, -0.2) is 4.79 Å². The van der Waals surface area contributed by atoms with Crippen molar-refractivity contribution in [2.75, 3.05) is 19.8 Å². The van der Waals surface area contributed by atoms with Gasteiger partial charge in [0.15, 0.2) is 6.29 Å². The van der Waals surface area contributed by atoms with Gasteiger partial charge in [-0.2, -0.15) is 0 Å². The Kier molecular flexibility index (Phi) is 8.36. The summed E-state index contributed by atoms with van der Waals surface area (Å²) in [6.45, 7) is -0.698. The summed E-state index contributed by atoms with van der Waals surface area (Å²) < 4.78 is 23.1. The number of ether oxygens (including phenoxy) is 4. The predicted molar refractivity (Wildman–Crippen MR) is 127 cm³/mol. The second kappa shape index (κ2) is 11.7. The second-order valence-corrected chi connectivity index (χ2v) is 8.38. The zero-order valence-corrected chi connectivity index (χ0v) is 19.2. The third-order valence-corrected chi connectivity index (χ3v) is 5.89. The van der Waals surface area contributed by atoms with Gasteiger partial charge in [-0.05, 0) is 35.7 Å². The molecule has 1 fully saturated rings. The molecule has 0 bridgehead atoms. The molecule has 0 spiro atoms. The number of carbonyl (C=O) groups is 1. The molecule has 1 saturated heterocycles. The Morgan fingerprint density at radius 2 is 1.56 bits per heavy atom. The maximum atomic E-state index is 11.1. The van der Waals surface area contributed by atoms with Crippen molar-refractivity contribution in [2.45, 2.75) is 36.8 Å². The zero-order valence-electron chi connectivity index (χ0n) is 19.2. The van der Waals surface area contributed by atoms with Crippen LogP contribution in [0.4, 0.5) is 0 Å². The van der Waals surface area contributed by atoms with Crippen molar-refractivity contribution in [3.05, 3.63) is 72.3 Å². The maximum absolute atomic E-state index is 11.1. The summed E-state index contributed by atoms with van der Waals surface area (Å²) in [5.41, 5.74) is 0.107. The predicted octanol–water partition coefficient (Wildman–Crippen LogP) is 1.18. The number of benzene rings is 3. The largest absolute Gasteiger partial charge is 0.491 e. The van der Waals surface area contributed by atoms with Gasteiger partial charge in [0.25, 0.3) is 0 Å². The van der Waals surface area contributed by atoms with Crippen molar-refractivity contribution in [3.63, 3.8) is 0 Å². The quantitative estimate of drug-likeness (QED) is 0.274. The highest BCUT2D eigenvalue weighted by atomic mass is 16.7. The molecular weight excluding hydrogens is 472 g/mol. The van der Waals surface area contributed by atoms with Crippen molar-refractivity contribution < 1.29 is 49.3 Å². The van der Waals surface area contributed by atoms with Crippen LogP contribution in [-0.4, -0.2) is 88.1 Å². The molecule has 0 radical (unpaired) electrons. The van der Waals surface area contributed by atoms with E-state index in [2.05, 4.69) is 0 Å². The van der Waals surface area contributed by atoms with E-state index < -0.39 is 49.4 Å². The summed E-state index contributed by atoms with van der Waals surface area (Å²) >= 11 is 0. The van der Waals surface area contributed by atoms with Crippen LogP contribution in [0, 0.1) is 0 Å². The Bertz CT molecular complexity index is 1140. The molecule has 1 aliphatic rings. The molecule has 0 saturated carbocycles. The van der Waals surface area contributed by atoms with Crippen LogP contribution in [0.2, 0.25) is 0 Å². The van der Waals surface area contributed by atoms with Crippen LogP contribution in [0.5, 0.6) is 11.5 Å². The van der Waals surface area contributed by atoms with E-state index in [1.165, 1.54) is 24.3 Å². The van der Waals surface area contributed by atoms with Crippen LogP contribution in [0.25, 0.3) is 10.8 Å². The van der Waals surface area contributed by atoms with Gasteiger partial charge in [0.1, 0.15) is 55.2 Å². The molecule has 10 heteroatoms. The molecule has 1 heterocycles. The molecule has 36 heavy (non-hydrogen) atoms. The monoisotopic (exact) mass is 500 g/mol. The number of fused-ring (bicyclic) bond motifs is 1. The van der Waals surface area contributed by atoms with E-state index in [9.17, 15) is 25.2 Å². The first kappa shape index (κ1) is 25.8. The summed E-state index contributed by atoms with van der Waals surface area (Å²) in [6, 6.07) is 19.1. The first-order chi connectivity index (χ1) is 17.4. The van der Waals surface area contributed by atoms with Crippen molar-refractivity contribution in [2.24, 2.45) is 0 Å². The molecule has 0 aliphatic carbocycles. The van der Waals surface area contributed by atoms with Crippen molar-refractivity contribution >= 4 is 16.7 Å². The lowest BCUT2D eigenvalue weighted by atomic mass is 9.99. The number of hydrogen-bond donors (Lipinski definition) is 5. The number of carboxylic acids is 1. The van der Waals surface area contributed by atoms with Crippen molar-refractivity contribution in [1.29, 1.82) is 0 Å². The van der Waals surface area contributed by atoms with Gasteiger partial charge >= 0.3 is 5.97 Å². The van der Waals surface area contributed by atoms with E-state index in [0.717, 1.165) is 10.8 Å². The van der Waals surface area contributed by atoms with E-state index >= 15 is 0 Å². The third-order valence-electron chi connectivity index (χ3n) is 5.89. The molecule has 1 aliphatic heterocycles. The third kappa shape index (κ3) is 5.93. The Morgan fingerprint density at radius 1 is 0.861 bits per heavy atom. The first-order valence-corrected chi connectivity index (χ1v) is 11.4. The van der Waals surface area contributed by atoms with Crippen molar-refractivity contribution in [1.82, 2.24) is 0 Å². The summed E-state index contributed by atoms with van der Waals surface area (Å²) in [5, 5.41) is 50.9. The SMILES string of the molecule is O=C(O)c1ccc(OCC(COc2cccc3ccccc23)O[C@H]2O[C@H](CO)[C@@H](O)[C@H](O)[C@@H]2O)cc1. The molecule has 5 N–H and O–H groups in total. The Labute approximate surface area is 206 Å². The van der Waals surface area contributed by atoms with Gasteiger partial charge in [0, 0.05) is 5.39 Å². The van der Waals surface area contributed by atoms with Gasteiger partial charge in [-0.1, -0.05) is 36.4 Å². The Hall–Kier alpha value is -3.25. The summed E-state index contributed by atoms with van der Waals surface area (Å²) in [5.74, 6) is -0.0808. The van der Waals surface area contributed by atoms with E-state index in [-0.39, 0.29) is 18.8 Å². The summed E-state index contributed by atoms with van der Waals surface area (Å²) in [7, 11) is 0. The summed E-state index contributed by atoms with van der Waals surface area (Å²) in [4.78, 5) is 11.1. The lowest BCUT2D eigenvalue weighted by Crippen LogP contribution is -2.60. The fraction of sp³-hybridized carbons (Fsp3) is 0.346. The van der Waals surface area contributed by atoms with E-state index in [1.807, 2.05) is 36.4 Å². The minimum atomic E-state index is -1.59. The van der Waals surface area contributed by atoms with Crippen LogP contribution >= 0.6 is 0 Å². The number of rotatable bonds is 10. The Morgan fingerprint density at radius 3 is 2.28 bits per heavy atom. The van der Waals surface area contributed by atoms with Crippen LogP contribution < -0.4 is 9.47 Å². The number of hydrogen-bond acceptors (Lipinski definition) is 9. The smallest absolute Gasteiger partial charge is 0.335 e. The fourth-order valence-corrected chi connectivity index (χ4v) is 3.88. The molecular formula is C26H28O10. The van der Waals surface area contributed by atoms with Gasteiger partial charge in [0.05, 0.1) is 12.2 Å². The topological polar surface area (TPSA) is 155 Å². The molecule has 0 aromatic heterocycles. The Balaban J connectivity index is 1.49. The lowest BCUT2D eigenvalue weighted by molar-refractivity contribution is -0.314. The van der Waals surface area contributed by atoms with Gasteiger partial charge < -0.3 is 44.5 Å². The molecule has 6 atom stereocenters. The average molecular weight is 501 g/mol. The minimum absolute atomic E-state index is 0.0315. The fourth-order valence-electron chi connectivity index (χ4n) is 3.88. The molecule has 3 aromatic rings. The minimum Gasteiger partial charge on any atom is -0.491 e. The standard InChI is InChI=1S/C26H28O10/c27-12-21-22(28)23(29)24(30)26(36-21)35-18(13-33-17-10-8-16(9-11-17)25(31)32)14-34-20-7-3-5-15-4-1-2-6-19(15)20/h1-11,18,21-24,26-30H,12-14H2,(H,31,32)/t18?,21-,22-,23+,24+,26+/m1/s1. The molecule has 0 amide bonds. The highest BCUT2D eigenvalue weighted by Gasteiger charge is 2.45. The second-order valence-electron chi connectivity index (χ2n) is 8.38. The number of aliphatic hydroxyl groups is 4. The zero-order chi connectivity index (χ0) is 25.7. The van der Waals surface area contributed by atoms with E-state index in [1.54, 1.807) is 6.07 Å². The van der Waals surface area contributed by atoms with Crippen LogP contribution in [-0.2, 0) is 9.47 Å². The highest BCUT2D eigenvalue weighted by Crippen LogP contribution is 2.27. The maximum Gasteiger partial charge on any atom is 0.335 e. The number of aliphatic hydroxyl groups excluding tert-OH is 4. The summed E-state index contributed by atoms with van der Waals surface area (Å²) in [6.07, 6.45) is -8.02. The van der Waals surface area contributed by atoms with Gasteiger partial charge in [-0.3, -0.25) is 0 Å². The average Bonchev–Trinajstić information content (AvgIpc) is 2.90. The normalized spacial score (nSPS) is 24.8. The van der Waals surface area contributed by atoms with Crippen LogP contribution in [0.1, 0.15) is 10.4 Å². The number of carboxylic acid groups (broad SMARTS) is 1. The first-order valence-electron chi connectivity index (χ1n) is 11.4. The van der Waals surface area contributed by atoms with Crippen molar-refractivity contribution in [3.8, 4) is 11.5 Å². The molecule has 192 valence electrons. The molecule has 1 unspecified atom stereocenters. The molecule has 4 rings (SSSR count). The van der Waals surface area contributed by atoms with E-state index in [4.69, 9.17) is 24.1 Å². The lowest BCUT2D eigenvalue weighted by Gasteiger charge is -2.40. The van der Waals surface area contributed by atoms with E-state index in [0.29, 0.717) is 11.5 Å².